The van der Waals surface area contributed by atoms with Gasteiger partial charge in [0.1, 0.15) is 0 Å². The fourth-order valence-electron chi connectivity index (χ4n) is 2.18. The van der Waals surface area contributed by atoms with E-state index in [9.17, 15) is 4.79 Å². The third-order valence-corrected chi connectivity index (χ3v) is 4.29. The van der Waals surface area contributed by atoms with Gasteiger partial charge in [0.15, 0.2) is 0 Å². The summed E-state index contributed by atoms with van der Waals surface area (Å²) in [6.45, 7) is 3.76. The Morgan fingerprint density at radius 2 is 2.56 bits per heavy atom. The van der Waals surface area contributed by atoms with Crippen LogP contribution in [0, 0.1) is 0 Å². The first-order valence-corrected chi connectivity index (χ1v) is 7.59. The minimum absolute atomic E-state index is 0.134. The van der Waals surface area contributed by atoms with Crippen molar-refractivity contribution >= 4 is 17.2 Å². The van der Waals surface area contributed by atoms with E-state index in [4.69, 9.17) is 0 Å². The molecule has 1 atom stereocenters. The van der Waals surface area contributed by atoms with E-state index in [2.05, 4.69) is 22.5 Å². The van der Waals surface area contributed by atoms with Crippen LogP contribution in [-0.2, 0) is 17.8 Å². The van der Waals surface area contributed by atoms with Gasteiger partial charge in [0.25, 0.3) is 0 Å². The fraction of sp³-hybridized carbons (Fsp3) is 0.692. The van der Waals surface area contributed by atoms with Crippen molar-refractivity contribution in [3.05, 3.63) is 16.1 Å². The number of thiazole rings is 1. The molecule has 4 nitrogen and oxygen atoms in total. The molecule has 1 aliphatic rings. The van der Waals surface area contributed by atoms with E-state index in [0.717, 1.165) is 30.1 Å². The number of carbonyl (C=O) groups excluding carboxylic acids is 1. The maximum atomic E-state index is 11.7. The zero-order valence-electron chi connectivity index (χ0n) is 10.9. The molecule has 1 amide bonds. The first-order valence-electron chi connectivity index (χ1n) is 6.71. The second-order valence-electron chi connectivity index (χ2n) is 4.69. The highest BCUT2D eigenvalue weighted by Crippen LogP contribution is 2.11. The summed E-state index contributed by atoms with van der Waals surface area (Å²) in [5.41, 5.74) is 0.976. The largest absolute Gasteiger partial charge is 0.350 e. The Hall–Kier alpha value is -0.940. The van der Waals surface area contributed by atoms with Crippen LogP contribution in [-0.4, -0.2) is 23.5 Å². The van der Waals surface area contributed by atoms with Crippen molar-refractivity contribution in [2.75, 3.05) is 6.54 Å². The van der Waals surface area contributed by atoms with Crippen molar-refractivity contribution in [2.45, 2.75) is 51.6 Å². The van der Waals surface area contributed by atoms with Crippen molar-refractivity contribution < 1.29 is 4.79 Å². The van der Waals surface area contributed by atoms with E-state index >= 15 is 0 Å². The fourth-order valence-corrected chi connectivity index (χ4v) is 2.92. The molecule has 0 aromatic carbocycles. The number of amides is 1. The SMILES string of the molecule is CCc1nc(CNC(=O)CCC2CCCN2)cs1. The van der Waals surface area contributed by atoms with Gasteiger partial charge in [-0.25, -0.2) is 4.98 Å². The van der Waals surface area contributed by atoms with Crippen LogP contribution < -0.4 is 10.6 Å². The van der Waals surface area contributed by atoms with Gasteiger partial charge in [-0.2, -0.15) is 0 Å². The van der Waals surface area contributed by atoms with Crippen LogP contribution in [0.2, 0.25) is 0 Å². The molecule has 2 rings (SSSR count). The summed E-state index contributed by atoms with van der Waals surface area (Å²) in [4.78, 5) is 16.1. The summed E-state index contributed by atoms with van der Waals surface area (Å²) in [7, 11) is 0. The van der Waals surface area contributed by atoms with Crippen molar-refractivity contribution in [1.29, 1.82) is 0 Å². The summed E-state index contributed by atoms with van der Waals surface area (Å²) < 4.78 is 0. The van der Waals surface area contributed by atoms with E-state index in [1.165, 1.54) is 12.8 Å². The Kier molecular flexibility index (Phi) is 5.13. The molecule has 5 heteroatoms. The van der Waals surface area contributed by atoms with Gasteiger partial charge in [0.2, 0.25) is 5.91 Å². The lowest BCUT2D eigenvalue weighted by molar-refractivity contribution is -0.121. The Balaban J connectivity index is 1.64. The van der Waals surface area contributed by atoms with Gasteiger partial charge in [-0.1, -0.05) is 6.92 Å². The first-order chi connectivity index (χ1) is 8.78. The van der Waals surface area contributed by atoms with Gasteiger partial charge in [0, 0.05) is 17.8 Å². The molecule has 0 aliphatic carbocycles. The molecular formula is C13H21N3OS. The van der Waals surface area contributed by atoms with Crippen LogP contribution in [0.5, 0.6) is 0 Å². The molecule has 2 heterocycles. The third kappa shape index (κ3) is 4.07. The molecule has 2 N–H and O–H groups in total. The maximum Gasteiger partial charge on any atom is 0.220 e. The van der Waals surface area contributed by atoms with Crippen LogP contribution >= 0.6 is 11.3 Å². The second kappa shape index (κ2) is 6.85. The average molecular weight is 267 g/mol. The number of nitrogens with zero attached hydrogens (tertiary/aromatic N) is 1. The predicted molar refractivity (Wildman–Crippen MR) is 73.6 cm³/mol. The zero-order chi connectivity index (χ0) is 12.8. The summed E-state index contributed by atoms with van der Waals surface area (Å²) in [5, 5.41) is 9.50. The van der Waals surface area contributed by atoms with Crippen molar-refractivity contribution in [2.24, 2.45) is 0 Å². The minimum Gasteiger partial charge on any atom is -0.350 e. The van der Waals surface area contributed by atoms with Crippen molar-refractivity contribution in [1.82, 2.24) is 15.6 Å². The lowest BCUT2D eigenvalue weighted by Gasteiger charge is -2.09. The number of carbonyl (C=O) groups is 1. The second-order valence-corrected chi connectivity index (χ2v) is 5.64. The molecule has 1 fully saturated rings. The van der Waals surface area contributed by atoms with Crippen LogP contribution in [0.1, 0.15) is 43.3 Å². The first kappa shape index (κ1) is 13.5. The number of aromatic nitrogens is 1. The highest BCUT2D eigenvalue weighted by molar-refractivity contribution is 7.09. The lowest BCUT2D eigenvalue weighted by atomic mass is 10.1. The smallest absolute Gasteiger partial charge is 0.220 e. The van der Waals surface area contributed by atoms with Crippen LogP contribution in [0.25, 0.3) is 0 Å². The highest BCUT2D eigenvalue weighted by atomic mass is 32.1. The van der Waals surface area contributed by atoms with Gasteiger partial charge in [-0.15, -0.1) is 11.3 Å². The molecule has 1 aromatic heterocycles. The van der Waals surface area contributed by atoms with E-state index in [1.807, 2.05) is 5.38 Å². The quantitative estimate of drug-likeness (QED) is 0.827. The molecule has 0 spiro atoms. The van der Waals surface area contributed by atoms with Crippen LogP contribution in [0.4, 0.5) is 0 Å². The summed E-state index contributed by atoms with van der Waals surface area (Å²) in [5.74, 6) is 0.134. The number of aryl methyl sites for hydroxylation is 1. The Morgan fingerprint density at radius 3 is 3.22 bits per heavy atom. The van der Waals surface area contributed by atoms with Gasteiger partial charge in [-0.05, 0) is 32.2 Å². The highest BCUT2D eigenvalue weighted by Gasteiger charge is 2.15. The average Bonchev–Trinajstić information content (AvgIpc) is 3.04. The molecule has 0 radical (unpaired) electrons. The van der Waals surface area contributed by atoms with Gasteiger partial charge < -0.3 is 10.6 Å². The molecule has 18 heavy (non-hydrogen) atoms. The summed E-state index contributed by atoms with van der Waals surface area (Å²) in [6.07, 6.45) is 4.97. The lowest BCUT2D eigenvalue weighted by Crippen LogP contribution is -2.27. The van der Waals surface area contributed by atoms with Crippen molar-refractivity contribution in [3.63, 3.8) is 0 Å². The monoisotopic (exact) mass is 267 g/mol. The molecular weight excluding hydrogens is 246 g/mol. The van der Waals surface area contributed by atoms with E-state index < -0.39 is 0 Å². The summed E-state index contributed by atoms with van der Waals surface area (Å²) >= 11 is 1.66. The Bertz CT molecular complexity index is 385. The molecule has 0 bridgehead atoms. The Morgan fingerprint density at radius 1 is 1.67 bits per heavy atom. The van der Waals surface area contributed by atoms with Gasteiger partial charge in [0.05, 0.1) is 17.2 Å². The van der Waals surface area contributed by atoms with Gasteiger partial charge >= 0.3 is 0 Å². The number of rotatable bonds is 6. The standard InChI is InChI=1S/C13H21N3OS/c1-2-13-16-11(9-18-13)8-15-12(17)6-5-10-4-3-7-14-10/h9-10,14H,2-8H2,1H3,(H,15,17). The number of hydrogen-bond donors (Lipinski definition) is 2. The molecule has 1 aliphatic heterocycles. The zero-order valence-corrected chi connectivity index (χ0v) is 11.7. The third-order valence-electron chi connectivity index (χ3n) is 3.25. The van der Waals surface area contributed by atoms with E-state index in [0.29, 0.717) is 19.0 Å². The topological polar surface area (TPSA) is 54.0 Å². The predicted octanol–water partition coefficient (Wildman–Crippen LogP) is 1.85. The number of nitrogens with one attached hydrogen (secondary N) is 2. The number of hydrogen-bond acceptors (Lipinski definition) is 4. The molecule has 0 saturated carbocycles. The molecule has 1 saturated heterocycles. The molecule has 100 valence electrons. The normalized spacial score (nSPS) is 19.1. The van der Waals surface area contributed by atoms with Gasteiger partial charge in [-0.3, -0.25) is 4.79 Å². The van der Waals surface area contributed by atoms with Crippen LogP contribution in [0.3, 0.4) is 0 Å². The summed E-state index contributed by atoms with van der Waals surface area (Å²) in [6, 6.07) is 0.543. The minimum atomic E-state index is 0.134. The van der Waals surface area contributed by atoms with E-state index in [1.54, 1.807) is 11.3 Å². The van der Waals surface area contributed by atoms with Crippen molar-refractivity contribution in [3.8, 4) is 0 Å². The Labute approximate surface area is 112 Å². The van der Waals surface area contributed by atoms with Crippen LogP contribution in [0.15, 0.2) is 5.38 Å². The molecule has 1 aromatic rings. The maximum absolute atomic E-state index is 11.7. The molecule has 1 unspecified atom stereocenters. The van der Waals surface area contributed by atoms with E-state index in [-0.39, 0.29) is 5.91 Å².